The Morgan fingerprint density at radius 3 is 2.55 bits per heavy atom. The van der Waals surface area contributed by atoms with Gasteiger partial charge in [0.05, 0.1) is 10.9 Å². The lowest BCUT2D eigenvalue weighted by Crippen LogP contribution is -2.59. The molecule has 2 saturated heterocycles. The number of nitrogens with one attached hydrogen (secondary N) is 1. The first-order valence-electron chi connectivity index (χ1n) is 11.4. The molecule has 1 N–H and O–H groups in total. The van der Waals surface area contributed by atoms with Crippen molar-refractivity contribution in [1.29, 1.82) is 0 Å². The number of thiophene rings is 1. The van der Waals surface area contributed by atoms with Gasteiger partial charge in [-0.05, 0) is 61.6 Å². The number of aromatic nitrogens is 2. The van der Waals surface area contributed by atoms with Gasteiger partial charge in [-0.3, -0.25) is 9.59 Å². The van der Waals surface area contributed by atoms with Gasteiger partial charge in [0, 0.05) is 42.8 Å². The van der Waals surface area contributed by atoms with Crippen LogP contribution in [0.5, 0.6) is 0 Å². The highest BCUT2D eigenvalue weighted by Gasteiger charge is 2.30. The van der Waals surface area contributed by atoms with Crippen molar-refractivity contribution in [1.82, 2.24) is 20.4 Å². The Kier molecular flexibility index (Phi) is 6.09. The van der Waals surface area contributed by atoms with Crippen molar-refractivity contribution in [2.75, 3.05) is 31.1 Å². The highest BCUT2D eigenvalue weighted by molar-refractivity contribution is 7.14. The second-order valence-corrected chi connectivity index (χ2v) is 9.86. The minimum Gasteiger partial charge on any atom is -0.351 e. The second kappa shape index (κ2) is 9.31. The van der Waals surface area contributed by atoms with Crippen LogP contribution in [0.1, 0.15) is 49.2 Å². The predicted molar refractivity (Wildman–Crippen MR) is 129 cm³/mol. The van der Waals surface area contributed by atoms with Gasteiger partial charge in [0.2, 0.25) is 0 Å². The molecule has 3 aromatic rings. The van der Waals surface area contributed by atoms with Gasteiger partial charge in [-0.1, -0.05) is 18.2 Å². The largest absolute Gasteiger partial charge is 0.351 e. The van der Waals surface area contributed by atoms with E-state index in [0.29, 0.717) is 5.92 Å². The second-order valence-electron chi connectivity index (χ2n) is 8.74. The molecule has 0 bridgehead atoms. The summed E-state index contributed by atoms with van der Waals surface area (Å²) < 4.78 is 0. The van der Waals surface area contributed by atoms with E-state index >= 15 is 0 Å². The standard InChI is InChI=1S/C25H27N5O2S/c1-17-5-2-3-6-20(17)25(32)29-13-10-18(11-14-29)21-8-9-22(33-21)24(31)27-19-15-30(16-19)23-7-4-12-26-28-23/h2-9,12,18-19H,10-11,13-16H2,1H3,(H,27,31). The van der Waals surface area contributed by atoms with E-state index in [9.17, 15) is 9.59 Å². The lowest BCUT2D eigenvalue weighted by atomic mass is 9.94. The topological polar surface area (TPSA) is 78.4 Å². The molecule has 0 radical (unpaired) electrons. The Morgan fingerprint density at radius 1 is 1.03 bits per heavy atom. The van der Waals surface area contributed by atoms with Gasteiger partial charge in [0.1, 0.15) is 0 Å². The monoisotopic (exact) mass is 461 g/mol. The first kappa shape index (κ1) is 21.6. The molecular weight excluding hydrogens is 434 g/mol. The zero-order chi connectivity index (χ0) is 22.8. The Morgan fingerprint density at radius 2 is 1.82 bits per heavy atom. The molecule has 8 heteroatoms. The average Bonchev–Trinajstić information content (AvgIpc) is 3.32. The van der Waals surface area contributed by atoms with Crippen molar-refractivity contribution in [2.45, 2.75) is 31.7 Å². The maximum Gasteiger partial charge on any atom is 0.261 e. The molecule has 0 saturated carbocycles. The third-order valence-electron chi connectivity index (χ3n) is 6.51. The molecule has 0 atom stereocenters. The number of piperidine rings is 1. The van der Waals surface area contributed by atoms with Crippen LogP contribution in [0.2, 0.25) is 0 Å². The number of nitrogens with zero attached hydrogens (tertiary/aromatic N) is 4. The number of aryl methyl sites for hydroxylation is 1. The molecule has 170 valence electrons. The normalized spacial score (nSPS) is 17.0. The quantitative estimate of drug-likeness (QED) is 0.629. The average molecular weight is 462 g/mol. The smallest absolute Gasteiger partial charge is 0.261 e. The Balaban J connectivity index is 1.12. The predicted octanol–water partition coefficient (Wildman–Crippen LogP) is 3.48. The minimum atomic E-state index is -0.0118. The van der Waals surface area contributed by atoms with Crippen molar-refractivity contribution in [3.05, 3.63) is 75.6 Å². The molecule has 0 unspecified atom stereocenters. The van der Waals surface area contributed by atoms with Crippen molar-refractivity contribution >= 4 is 29.0 Å². The Bertz CT molecular complexity index is 1130. The zero-order valence-corrected chi connectivity index (χ0v) is 19.4. The maximum atomic E-state index is 12.9. The number of amides is 2. The molecular formula is C25H27N5O2S. The van der Waals surface area contributed by atoms with E-state index in [2.05, 4.69) is 26.5 Å². The third-order valence-corrected chi connectivity index (χ3v) is 7.76. The SMILES string of the molecule is Cc1ccccc1C(=O)N1CCC(c2ccc(C(=O)NC3CN(c4cccnn4)C3)s2)CC1. The first-order chi connectivity index (χ1) is 16.1. The number of benzene rings is 1. The van der Waals surface area contributed by atoms with Crippen molar-refractivity contribution in [2.24, 2.45) is 0 Å². The van der Waals surface area contributed by atoms with Gasteiger partial charge in [0.25, 0.3) is 11.8 Å². The number of rotatable bonds is 5. The zero-order valence-electron chi connectivity index (χ0n) is 18.6. The molecule has 2 aliphatic rings. The summed E-state index contributed by atoms with van der Waals surface area (Å²) in [6.45, 7) is 4.97. The van der Waals surface area contributed by atoms with E-state index in [1.807, 2.05) is 54.3 Å². The van der Waals surface area contributed by atoms with Crippen LogP contribution in [0, 0.1) is 6.92 Å². The molecule has 1 aromatic carbocycles. The molecule has 0 spiro atoms. The number of carbonyl (C=O) groups is 2. The molecule has 2 amide bonds. The summed E-state index contributed by atoms with van der Waals surface area (Å²) in [5, 5.41) is 11.1. The highest BCUT2D eigenvalue weighted by Crippen LogP contribution is 2.33. The van der Waals surface area contributed by atoms with E-state index < -0.39 is 0 Å². The van der Waals surface area contributed by atoms with Crippen LogP contribution in [0.4, 0.5) is 5.82 Å². The number of anilines is 1. The minimum absolute atomic E-state index is 0.0118. The van der Waals surface area contributed by atoms with E-state index in [4.69, 9.17) is 0 Å². The Hall–Kier alpha value is -3.26. The molecule has 2 fully saturated rings. The van der Waals surface area contributed by atoms with Gasteiger partial charge in [-0.2, -0.15) is 5.10 Å². The molecule has 4 heterocycles. The van der Waals surface area contributed by atoms with E-state index in [1.54, 1.807) is 17.5 Å². The van der Waals surface area contributed by atoms with Crippen LogP contribution in [0.25, 0.3) is 0 Å². The van der Waals surface area contributed by atoms with Crippen molar-refractivity contribution < 1.29 is 9.59 Å². The maximum absolute atomic E-state index is 12.9. The number of likely N-dealkylation sites (tertiary alicyclic amines) is 1. The summed E-state index contributed by atoms with van der Waals surface area (Å²) in [6, 6.07) is 15.7. The number of carbonyl (C=O) groups excluding carboxylic acids is 2. The fraction of sp³-hybridized carbons (Fsp3) is 0.360. The molecule has 33 heavy (non-hydrogen) atoms. The van der Waals surface area contributed by atoms with E-state index in [-0.39, 0.29) is 17.9 Å². The van der Waals surface area contributed by atoms with E-state index in [0.717, 1.165) is 60.8 Å². The van der Waals surface area contributed by atoms with Gasteiger partial charge in [-0.15, -0.1) is 16.4 Å². The van der Waals surface area contributed by atoms with Crippen LogP contribution in [0.15, 0.2) is 54.7 Å². The summed E-state index contributed by atoms with van der Waals surface area (Å²) in [5.41, 5.74) is 1.81. The van der Waals surface area contributed by atoms with Gasteiger partial charge in [-0.25, -0.2) is 0 Å². The van der Waals surface area contributed by atoms with Crippen molar-refractivity contribution in [3.63, 3.8) is 0 Å². The van der Waals surface area contributed by atoms with Crippen LogP contribution in [-0.2, 0) is 0 Å². The van der Waals surface area contributed by atoms with Crippen LogP contribution in [0.3, 0.4) is 0 Å². The van der Waals surface area contributed by atoms with Crippen LogP contribution in [-0.4, -0.2) is 59.1 Å². The van der Waals surface area contributed by atoms with Crippen molar-refractivity contribution in [3.8, 4) is 0 Å². The van der Waals surface area contributed by atoms with Gasteiger partial charge in [0.15, 0.2) is 5.82 Å². The van der Waals surface area contributed by atoms with Crippen LogP contribution < -0.4 is 10.2 Å². The summed E-state index contributed by atoms with van der Waals surface area (Å²) in [4.78, 5) is 31.6. The van der Waals surface area contributed by atoms with Crippen LogP contribution >= 0.6 is 11.3 Å². The Labute approximate surface area is 197 Å². The van der Waals surface area contributed by atoms with E-state index in [1.165, 1.54) is 4.88 Å². The molecule has 0 aliphatic carbocycles. The number of hydrogen-bond donors (Lipinski definition) is 1. The summed E-state index contributed by atoms with van der Waals surface area (Å²) in [7, 11) is 0. The summed E-state index contributed by atoms with van der Waals surface area (Å²) >= 11 is 1.58. The molecule has 2 aliphatic heterocycles. The fourth-order valence-corrected chi connectivity index (χ4v) is 5.60. The molecule has 7 nitrogen and oxygen atoms in total. The lowest BCUT2D eigenvalue weighted by Gasteiger charge is -2.39. The summed E-state index contributed by atoms with van der Waals surface area (Å²) in [6.07, 6.45) is 3.51. The molecule has 2 aromatic heterocycles. The lowest BCUT2D eigenvalue weighted by molar-refractivity contribution is 0.0712. The first-order valence-corrected chi connectivity index (χ1v) is 12.2. The molecule has 5 rings (SSSR count). The highest BCUT2D eigenvalue weighted by atomic mass is 32.1. The van der Waals surface area contributed by atoms with Gasteiger partial charge >= 0.3 is 0 Å². The summed E-state index contributed by atoms with van der Waals surface area (Å²) in [5.74, 6) is 1.35. The fourth-order valence-electron chi connectivity index (χ4n) is 4.52. The third kappa shape index (κ3) is 4.61. The number of hydrogen-bond acceptors (Lipinski definition) is 6. The van der Waals surface area contributed by atoms with Gasteiger partial charge < -0.3 is 15.1 Å².